The van der Waals surface area contributed by atoms with Crippen molar-refractivity contribution in [2.24, 2.45) is 0 Å². The van der Waals surface area contributed by atoms with Gasteiger partial charge in [-0.2, -0.15) is 0 Å². The minimum Gasteiger partial charge on any atom is -0.497 e. The van der Waals surface area contributed by atoms with E-state index in [4.69, 9.17) is 16.3 Å². The predicted octanol–water partition coefficient (Wildman–Crippen LogP) is 3.19. The molecule has 0 unspecified atom stereocenters. The number of nitrogens with zero attached hydrogens (tertiary/aromatic N) is 1. The number of carbonyl (C=O) groups is 1. The van der Waals surface area contributed by atoms with Gasteiger partial charge in [0.2, 0.25) is 0 Å². The molecule has 0 N–H and O–H groups in total. The number of hydrogen-bond acceptors (Lipinski definition) is 5. The van der Waals surface area contributed by atoms with Crippen LogP contribution in [0.3, 0.4) is 0 Å². The van der Waals surface area contributed by atoms with E-state index in [0.717, 1.165) is 11.3 Å². The molecule has 22 heavy (non-hydrogen) atoms. The average molecular weight is 358 g/mol. The molecular weight excluding hydrogens is 346 g/mol. The first-order valence-electron chi connectivity index (χ1n) is 6.43. The predicted molar refractivity (Wildman–Crippen MR) is 85.8 cm³/mol. The lowest BCUT2D eigenvalue weighted by atomic mass is 10.0. The number of ether oxygens (including phenoxy) is 1. The first-order valence-corrected chi connectivity index (χ1v) is 9.06. The minimum absolute atomic E-state index is 0.0756. The third-order valence-corrected chi connectivity index (χ3v) is 6.92. The minimum atomic E-state index is -3.74. The molecule has 116 valence electrons. The fraction of sp³-hybridized carbons (Fsp3) is 0.214. The summed E-state index contributed by atoms with van der Waals surface area (Å²) in [5.41, 5.74) is 0.735. The highest BCUT2D eigenvalue weighted by Gasteiger charge is 2.33. The zero-order chi connectivity index (χ0) is 15.9. The van der Waals surface area contributed by atoms with Gasteiger partial charge in [-0.15, -0.1) is 11.3 Å². The smallest absolute Gasteiger partial charge is 0.273 e. The van der Waals surface area contributed by atoms with Gasteiger partial charge in [0, 0.05) is 24.6 Å². The highest BCUT2D eigenvalue weighted by atomic mass is 35.5. The van der Waals surface area contributed by atoms with Crippen molar-refractivity contribution in [2.45, 2.75) is 10.6 Å². The van der Waals surface area contributed by atoms with Crippen LogP contribution in [0.5, 0.6) is 5.75 Å². The van der Waals surface area contributed by atoms with E-state index in [2.05, 4.69) is 0 Å². The molecule has 0 saturated heterocycles. The molecule has 0 bridgehead atoms. The van der Waals surface area contributed by atoms with Crippen molar-refractivity contribution >= 4 is 44.4 Å². The van der Waals surface area contributed by atoms with Gasteiger partial charge in [0.1, 0.15) is 9.96 Å². The van der Waals surface area contributed by atoms with Crippen molar-refractivity contribution in [3.63, 3.8) is 0 Å². The van der Waals surface area contributed by atoms with E-state index >= 15 is 0 Å². The Morgan fingerprint density at radius 3 is 2.68 bits per heavy atom. The Kier molecular flexibility index (Phi) is 3.88. The lowest BCUT2D eigenvalue weighted by Gasteiger charge is -2.29. The lowest BCUT2D eigenvalue weighted by molar-refractivity contribution is 0.0982. The maximum absolute atomic E-state index is 12.8. The van der Waals surface area contributed by atoms with Gasteiger partial charge in [-0.3, -0.25) is 9.10 Å². The summed E-state index contributed by atoms with van der Waals surface area (Å²) < 4.78 is 32.5. The van der Waals surface area contributed by atoms with E-state index in [1.807, 2.05) is 0 Å². The first-order chi connectivity index (χ1) is 10.4. The Hall–Kier alpha value is -1.57. The standard InChI is InChI=1S/C14H12ClNO4S2/c1-20-9-2-3-10-11(8-9)16(7-6-12(10)17)22(18,19)14-5-4-13(15)21-14/h2-5,8H,6-7H2,1H3. The molecule has 1 aliphatic heterocycles. The van der Waals surface area contributed by atoms with Gasteiger partial charge in [0.15, 0.2) is 5.78 Å². The van der Waals surface area contributed by atoms with Crippen LogP contribution in [-0.2, 0) is 10.0 Å². The molecule has 3 rings (SSSR count). The number of fused-ring (bicyclic) bond motifs is 1. The molecule has 2 aromatic rings. The highest BCUT2D eigenvalue weighted by Crippen LogP contribution is 2.36. The van der Waals surface area contributed by atoms with E-state index in [0.29, 0.717) is 21.3 Å². The summed E-state index contributed by atoms with van der Waals surface area (Å²) in [6, 6.07) is 7.83. The van der Waals surface area contributed by atoms with Gasteiger partial charge < -0.3 is 4.74 Å². The van der Waals surface area contributed by atoms with Crippen molar-refractivity contribution in [1.29, 1.82) is 0 Å². The number of halogens is 1. The van der Waals surface area contributed by atoms with Crippen LogP contribution in [0.1, 0.15) is 16.8 Å². The molecule has 2 heterocycles. The quantitative estimate of drug-likeness (QED) is 0.846. The van der Waals surface area contributed by atoms with Crippen molar-refractivity contribution in [2.75, 3.05) is 18.0 Å². The fourth-order valence-electron chi connectivity index (χ4n) is 2.33. The van der Waals surface area contributed by atoms with Crippen molar-refractivity contribution in [3.05, 3.63) is 40.2 Å². The van der Waals surface area contributed by atoms with E-state index in [1.165, 1.54) is 17.5 Å². The summed E-state index contributed by atoms with van der Waals surface area (Å²) in [6.45, 7) is 0.108. The van der Waals surface area contributed by atoms with Gasteiger partial charge in [0.25, 0.3) is 10.0 Å². The zero-order valence-corrected chi connectivity index (χ0v) is 14.0. The second-order valence-electron chi connectivity index (χ2n) is 4.69. The van der Waals surface area contributed by atoms with Crippen molar-refractivity contribution in [3.8, 4) is 5.75 Å². The maximum atomic E-state index is 12.8. The molecule has 0 atom stereocenters. The van der Waals surface area contributed by atoms with Crippen LogP contribution in [0.25, 0.3) is 0 Å². The Bertz CT molecular complexity index is 844. The molecule has 1 aromatic carbocycles. The molecule has 0 saturated carbocycles. The van der Waals surface area contributed by atoms with E-state index < -0.39 is 10.0 Å². The molecule has 1 aliphatic rings. The summed E-state index contributed by atoms with van der Waals surface area (Å²) in [7, 11) is -2.25. The number of thiophene rings is 1. The van der Waals surface area contributed by atoms with Gasteiger partial charge in [-0.1, -0.05) is 11.6 Å². The van der Waals surface area contributed by atoms with E-state index in [9.17, 15) is 13.2 Å². The Morgan fingerprint density at radius 1 is 1.27 bits per heavy atom. The van der Waals surface area contributed by atoms with Crippen LogP contribution in [0.15, 0.2) is 34.5 Å². The van der Waals surface area contributed by atoms with Gasteiger partial charge in [-0.05, 0) is 24.3 Å². The normalized spacial score (nSPS) is 14.8. The number of Topliss-reactive ketones (excluding diaryl/α,β-unsaturated/α-hetero) is 1. The van der Waals surface area contributed by atoms with Crippen molar-refractivity contribution < 1.29 is 17.9 Å². The summed E-state index contributed by atoms with van der Waals surface area (Å²) in [5.74, 6) is 0.422. The SMILES string of the molecule is COc1ccc2c(c1)N(S(=O)(=O)c1ccc(Cl)s1)CCC2=O. The number of anilines is 1. The second-order valence-corrected chi connectivity index (χ2v) is 8.50. The second kappa shape index (κ2) is 5.57. The number of ketones is 1. The topological polar surface area (TPSA) is 63.7 Å². The molecule has 0 spiro atoms. The largest absolute Gasteiger partial charge is 0.497 e. The Labute approximate surface area is 137 Å². The number of sulfonamides is 1. The molecule has 5 nitrogen and oxygen atoms in total. The van der Waals surface area contributed by atoms with E-state index in [1.54, 1.807) is 24.3 Å². The Balaban J connectivity index is 2.14. The molecule has 0 aliphatic carbocycles. The van der Waals surface area contributed by atoms with Crippen LogP contribution in [0, 0.1) is 0 Å². The highest BCUT2D eigenvalue weighted by molar-refractivity contribution is 7.94. The zero-order valence-electron chi connectivity index (χ0n) is 11.6. The third kappa shape index (κ3) is 2.49. The third-order valence-electron chi connectivity index (χ3n) is 3.41. The first kappa shape index (κ1) is 15.3. The summed E-state index contributed by atoms with van der Waals surface area (Å²) >= 11 is 6.83. The molecule has 0 fully saturated rings. The van der Waals surface area contributed by atoms with Gasteiger partial charge in [0.05, 0.1) is 17.1 Å². The van der Waals surface area contributed by atoms with Crippen LogP contribution >= 0.6 is 22.9 Å². The number of methoxy groups -OCH3 is 1. The fourth-order valence-corrected chi connectivity index (χ4v) is 5.41. The van der Waals surface area contributed by atoms with Crippen LogP contribution in [0.2, 0.25) is 4.34 Å². The maximum Gasteiger partial charge on any atom is 0.273 e. The number of rotatable bonds is 3. The molecule has 8 heteroatoms. The number of carbonyl (C=O) groups excluding carboxylic acids is 1. The monoisotopic (exact) mass is 357 g/mol. The lowest BCUT2D eigenvalue weighted by Crippen LogP contribution is -2.37. The van der Waals surface area contributed by atoms with Crippen LogP contribution in [0.4, 0.5) is 5.69 Å². The van der Waals surface area contributed by atoms with Gasteiger partial charge in [-0.25, -0.2) is 8.42 Å². The molecule has 1 aromatic heterocycles. The number of benzene rings is 1. The molecule has 0 amide bonds. The van der Waals surface area contributed by atoms with Crippen LogP contribution in [-0.4, -0.2) is 27.9 Å². The number of hydrogen-bond donors (Lipinski definition) is 0. The molecule has 0 radical (unpaired) electrons. The Morgan fingerprint density at radius 2 is 2.05 bits per heavy atom. The van der Waals surface area contributed by atoms with E-state index in [-0.39, 0.29) is 23.0 Å². The summed E-state index contributed by atoms with van der Waals surface area (Å²) in [6.07, 6.45) is 0.150. The average Bonchev–Trinajstić information content (AvgIpc) is 2.94. The van der Waals surface area contributed by atoms with Gasteiger partial charge >= 0.3 is 0 Å². The molecular formula is C14H12ClNO4S2. The summed E-state index contributed by atoms with van der Waals surface area (Å²) in [5, 5.41) is 0. The summed E-state index contributed by atoms with van der Waals surface area (Å²) in [4.78, 5) is 12.0. The van der Waals surface area contributed by atoms with Crippen molar-refractivity contribution in [1.82, 2.24) is 0 Å². The van der Waals surface area contributed by atoms with Crippen LogP contribution < -0.4 is 9.04 Å².